The maximum atomic E-state index is 14.0. The third-order valence-corrected chi connectivity index (χ3v) is 3.70. The molecule has 0 atom stereocenters. The van der Waals surface area contributed by atoms with E-state index in [1.807, 2.05) is 0 Å². The van der Waals surface area contributed by atoms with Crippen molar-refractivity contribution in [2.24, 2.45) is 0 Å². The van der Waals surface area contributed by atoms with Crippen LogP contribution in [-0.2, 0) is 0 Å². The lowest BCUT2D eigenvalue weighted by Gasteiger charge is -2.17. The van der Waals surface area contributed by atoms with Crippen molar-refractivity contribution in [1.29, 1.82) is 0 Å². The molecule has 0 amide bonds. The molecule has 1 fully saturated rings. The second kappa shape index (κ2) is 5.67. The standard InChI is InChI=1S/C15H13F2N3O2/c16-12-6-2-1-5-10(12)11-9-13(17)18-15(14(11)20(21)22)19-7-3-4-8-19/h1-2,5-6,9H,3-4,7-8H2. The molecule has 0 radical (unpaired) electrons. The third kappa shape index (κ3) is 2.49. The predicted molar refractivity (Wildman–Crippen MR) is 77.7 cm³/mol. The Bertz CT molecular complexity index is 731. The number of rotatable bonds is 3. The van der Waals surface area contributed by atoms with Crippen molar-refractivity contribution in [1.82, 2.24) is 4.98 Å². The van der Waals surface area contributed by atoms with Gasteiger partial charge in [0.05, 0.1) is 10.5 Å². The summed E-state index contributed by atoms with van der Waals surface area (Å²) in [7, 11) is 0. The molecule has 3 rings (SSSR count). The van der Waals surface area contributed by atoms with Crippen molar-refractivity contribution < 1.29 is 13.7 Å². The minimum Gasteiger partial charge on any atom is -0.351 e. The molecule has 2 heterocycles. The molecule has 114 valence electrons. The minimum absolute atomic E-state index is 0.00375. The van der Waals surface area contributed by atoms with E-state index < -0.39 is 16.7 Å². The van der Waals surface area contributed by atoms with Crippen LogP contribution in [0.1, 0.15) is 12.8 Å². The fraction of sp³-hybridized carbons (Fsp3) is 0.267. The molecular weight excluding hydrogens is 292 g/mol. The Morgan fingerprint density at radius 2 is 1.82 bits per heavy atom. The summed E-state index contributed by atoms with van der Waals surface area (Å²) in [5.74, 6) is -1.52. The van der Waals surface area contributed by atoms with Crippen molar-refractivity contribution in [3.05, 3.63) is 52.2 Å². The summed E-state index contributed by atoms with van der Waals surface area (Å²) in [5, 5.41) is 11.5. The van der Waals surface area contributed by atoms with Crippen molar-refractivity contribution in [3.8, 4) is 11.1 Å². The summed E-state index contributed by atoms with van der Waals surface area (Å²) < 4.78 is 27.8. The van der Waals surface area contributed by atoms with E-state index in [4.69, 9.17) is 0 Å². The van der Waals surface area contributed by atoms with Crippen molar-refractivity contribution >= 4 is 11.5 Å². The topological polar surface area (TPSA) is 59.3 Å². The van der Waals surface area contributed by atoms with Crippen LogP contribution < -0.4 is 4.90 Å². The summed E-state index contributed by atoms with van der Waals surface area (Å²) in [6, 6.07) is 6.52. The van der Waals surface area contributed by atoms with Gasteiger partial charge in [-0.15, -0.1) is 0 Å². The van der Waals surface area contributed by atoms with Crippen molar-refractivity contribution in [2.45, 2.75) is 12.8 Å². The highest BCUT2D eigenvalue weighted by Gasteiger charge is 2.30. The third-order valence-electron chi connectivity index (χ3n) is 3.70. The number of halogens is 2. The van der Waals surface area contributed by atoms with Crippen LogP contribution in [0.25, 0.3) is 11.1 Å². The van der Waals surface area contributed by atoms with Gasteiger partial charge in [-0.25, -0.2) is 4.39 Å². The van der Waals surface area contributed by atoms with Crippen LogP contribution in [0.3, 0.4) is 0 Å². The van der Waals surface area contributed by atoms with Gasteiger partial charge in [-0.3, -0.25) is 10.1 Å². The van der Waals surface area contributed by atoms with Crippen LogP contribution in [-0.4, -0.2) is 23.0 Å². The van der Waals surface area contributed by atoms with Gasteiger partial charge < -0.3 is 4.90 Å². The number of hydrogen-bond donors (Lipinski definition) is 0. The lowest BCUT2D eigenvalue weighted by Crippen LogP contribution is -2.21. The van der Waals surface area contributed by atoms with Gasteiger partial charge in [-0.1, -0.05) is 18.2 Å². The minimum atomic E-state index is -0.856. The molecule has 22 heavy (non-hydrogen) atoms. The van der Waals surface area contributed by atoms with Gasteiger partial charge >= 0.3 is 5.69 Å². The fourth-order valence-corrected chi connectivity index (χ4v) is 2.71. The van der Waals surface area contributed by atoms with Gasteiger partial charge in [0.15, 0.2) is 0 Å². The average Bonchev–Trinajstić information content (AvgIpc) is 3.00. The quantitative estimate of drug-likeness (QED) is 0.494. The van der Waals surface area contributed by atoms with Crippen LogP contribution in [0.5, 0.6) is 0 Å². The molecule has 1 aromatic carbocycles. The highest BCUT2D eigenvalue weighted by atomic mass is 19.1. The Morgan fingerprint density at radius 3 is 2.45 bits per heavy atom. The second-order valence-electron chi connectivity index (χ2n) is 5.10. The number of hydrogen-bond acceptors (Lipinski definition) is 4. The molecule has 0 bridgehead atoms. The molecule has 0 N–H and O–H groups in total. The average molecular weight is 305 g/mol. The van der Waals surface area contributed by atoms with E-state index in [1.54, 1.807) is 11.0 Å². The molecule has 7 heteroatoms. The van der Waals surface area contributed by atoms with Crippen LogP contribution in [0.2, 0.25) is 0 Å². The van der Waals surface area contributed by atoms with Gasteiger partial charge in [0.1, 0.15) is 5.82 Å². The summed E-state index contributed by atoms with van der Waals surface area (Å²) in [6.07, 6.45) is 1.73. The molecule has 0 aliphatic carbocycles. The Balaban J connectivity index is 2.25. The number of benzene rings is 1. The van der Waals surface area contributed by atoms with E-state index in [0.29, 0.717) is 13.1 Å². The first-order valence-corrected chi connectivity index (χ1v) is 6.92. The first-order valence-electron chi connectivity index (χ1n) is 6.92. The first kappa shape index (κ1) is 14.4. The van der Waals surface area contributed by atoms with Crippen molar-refractivity contribution in [2.75, 3.05) is 18.0 Å². The number of pyridine rings is 1. The van der Waals surface area contributed by atoms with Gasteiger partial charge in [-0.05, 0) is 18.9 Å². The van der Waals surface area contributed by atoms with E-state index in [-0.39, 0.29) is 22.6 Å². The molecule has 0 spiro atoms. The SMILES string of the molecule is O=[N+]([O-])c1c(-c2ccccc2F)cc(F)nc1N1CCCC1. The second-order valence-corrected chi connectivity index (χ2v) is 5.10. The highest BCUT2D eigenvalue weighted by Crippen LogP contribution is 2.39. The van der Waals surface area contributed by atoms with E-state index >= 15 is 0 Å². The monoisotopic (exact) mass is 305 g/mol. The normalized spacial score (nSPS) is 14.4. The lowest BCUT2D eigenvalue weighted by atomic mass is 10.0. The van der Waals surface area contributed by atoms with Gasteiger partial charge in [-0.2, -0.15) is 9.37 Å². The van der Waals surface area contributed by atoms with Crippen LogP contribution in [0, 0.1) is 21.9 Å². The fourth-order valence-electron chi connectivity index (χ4n) is 2.71. The molecule has 0 unspecified atom stereocenters. The summed E-state index contributed by atoms with van der Waals surface area (Å²) >= 11 is 0. The smallest absolute Gasteiger partial charge is 0.319 e. The first-order chi connectivity index (χ1) is 10.6. The predicted octanol–water partition coefficient (Wildman–Crippen LogP) is 3.54. The van der Waals surface area contributed by atoms with E-state index in [0.717, 1.165) is 18.9 Å². The molecule has 1 saturated heterocycles. The molecule has 2 aromatic rings. The summed E-state index contributed by atoms with van der Waals surface area (Å²) in [5.41, 5.74) is -0.443. The highest BCUT2D eigenvalue weighted by molar-refractivity contribution is 5.81. The molecule has 1 aromatic heterocycles. The number of aromatic nitrogens is 1. The lowest BCUT2D eigenvalue weighted by molar-refractivity contribution is -0.383. The zero-order valence-corrected chi connectivity index (χ0v) is 11.6. The van der Waals surface area contributed by atoms with Gasteiger partial charge in [0.25, 0.3) is 0 Å². The number of nitrogens with zero attached hydrogens (tertiary/aromatic N) is 3. The molecule has 5 nitrogen and oxygen atoms in total. The van der Waals surface area contributed by atoms with Crippen molar-refractivity contribution in [3.63, 3.8) is 0 Å². The maximum Gasteiger partial charge on any atom is 0.319 e. The van der Waals surface area contributed by atoms with E-state index in [2.05, 4.69) is 4.98 Å². The van der Waals surface area contributed by atoms with Crippen LogP contribution in [0.15, 0.2) is 30.3 Å². The zero-order chi connectivity index (χ0) is 15.7. The van der Waals surface area contributed by atoms with Gasteiger partial charge in [0, 0.05) is 24.7 Å². The molecule has 0 saturated carbocycles. The van der Waals surface area contributed by atoms with E-state index in [1.165, 1.54) is 18.2 Å². The summed E-state index contributed by atoms with van der Waals surface area (Å²) in [4.78, 5) is 16.2. The van der Waals surface area contributed by atoms with Crippen LogP contribution in [0.4, 0.5) is 20.3 Å². The maximum absolute atomic E-state index is 14.0. The molecular formula is C15H13F2N3O2. The number of anilines is 1. The zero-order valence-electron chi connectivity index (χ0n) is 11.6. The Labute approximate surface area is 125 Å². The Hall–Kier alpha value is -2.57. The molecule has 1 aliphatic heterocycles. The van der Waals surface area contributed by atoms with E-state index in [9.17, 15) is 18.9 Å². The largest absolute Gasteiger partial charge is 0.351 e. The van der Waals surface area contributed by atoms with Crippen LogP contribution >= 0.6 is 0 Å². The molecule has 1 aliphatic rings. The number of nitro groups is 1. The summed E-state index contributed by atoms with van der Waals surface area (Å²) in [6.45, 7) is 1.15. The Kier molecular flexibility index (Phi) is 3.70. The Morgan fingerprint density at radius 1 is 1.14 bits per heavy atom. The van der Waals surface area contributed by atoms with Gasteiger partial charge in [0.2, 0.25) is 11.8 Å².